The van der Waals surface area contributed by atoms with Gasteiger partial charge in [0, 0.05) is 19.8 Å². The van der Waals surface area contributed by atoms with Gasteiger partial charge in [0.25, 0.3) is 5.76 Å². The number of imidazole rings is 1. The van der Waals surface area contributed by atoms with Crippen LogP contribution < -0.4 is 5.32 Å². The fourth-order valence-corrected chi connectivity index (χ4v) is 2.93. The normalized spacial score (nSPS) is 11.4. The van der Waals surface area contributed by atoms with E-state index in [-0.39, 0.29) is 17.6 Å². The number of thioether (sulfide) groups is 1. The highest BCUT2D eigenvalue weighted by Crippen LogP contribution is 2.28. The number of rotatable bonds is 11. The van der Waals surface area contributed by atoms with Crippen molar-refractivity contribution in [1.82, 2.24) is 14.9 Å². The summed E-state index contributed by atoms with van der Waals surface area (Å²) in [5, 5.41) is 2.94. The molecule has 0 spiro atoms. The summed E-state index contributed by atoms with van der Waals surface area (Å²) in [5.41, 5.74) is 1.27. The van der Waals surface area contributed by atoms with Crippen LogP contribution in [0, 0.1) is 0 Å². The molecule has 138 valence electrons. The zero-order valence-corrected chi connectivity index (χ0v) is 15.0. The molecule has 1 aromatic heterocycles. The Kier molecular flexibility index (Phi) is 8.14. The number of carbonyl (C=O) groups is 1. The third-order valence-corrected chi connectivity index (χ3v) is 4.25. The number of amides is 1. The first-order valence-corrected chi connectivity index (χ1v) is 9.24. The Balaban J connectivity index is 1.89. The summed E-state index contributed by atoms with van der Waals surface area (Å²) in [4.78, 5) is 16.3. The lowest BCUT2D eigenvalue weighted by atomic mass is 10.3. The number of fused-ring (bicyclic) bond motifs is 1. The van der Waals surface area contributed by atoms with Crippen LogP contribution in [0.4, 0.5) is 8.78 Å². The highest BCUT2D eigenvalue weighted by molar-refractivity contribution is 7.99. The molecule has 1 N–H and O–H groups in total. The van der Waals surface area contributed by atoms with Crippen LogP contribution in [-0.4, -0.2) is 41.0 Å². The van der Waals surface area contributed by atoms with E-state index in [1.807, 2.05) is 0 Å². The number of carbonyl (C=O) groups excluding carboxylic acids is 1. The van der Waals surface area contributed by atoms with Crippen LogP contribution in [0.5, 0.6) is 0 Å². The number of nitrogens with zero attached hydrogens (tertiary/aromatic N) is 2. The van der Waals surface area contributed by atoms with Crippen LogP contribution in [0.15, 0.2) is 29.4 Å². The molecule has 0 bridgehead atoms. The van der Waals surface area contributed by atoms with Gasteiger partial charge in [-0.05, 0) is 36.7 Å². The van der Waals surface area contributed by atoms with Crippen molar-refractivity contribution in [3.05, 3.63) is 24.3 Å². The molecule has 1 heterocycles. The Morgan fingerprint density at radius 2 is 2.08 bits per heavy atom. The van der Waals surface area contributed by atoms with Gasteiger partial charge in [0.2, 0.25) is 5.91 Å². The number of ether oxygens (including phenoxy) is 1. The number of aromatic nitrogens is 2. The molecule has 25 heavy (non-hydrogen) atoms. The number of halogens is 2. The van der Waals surface area contributed by atoms with Gasteiger partial charge in [-0.25, -0.2) is 4.98 Å². The van der Waals surface area contributed by atoms with Crippen LogP contribution in [0.2, 0.25) is 0 Å². The van der Waals surface area contributed by atoms with E-state index in [2.05, 4.69) is 17.2 Å². The smallest absolute Gasteiger partial charge is 0.291 e. The second-order valence-electron chi connectivity index (χ2n) is 5.52. The third-order valence-electron chi connectivity index (χ3n) is 3.55. The summed E-state index contributed by atoms with van der Waals surface area (Å²) in [6.07, 6.45) is 2.85. The molecule has 0 aliphatic carbocycles. The van der Waals surface area contributed by atoms with E-state index in [9.17, 15) is 13.6 Å². The van der Waals surface area contributed by atoms with E-state index in [0.29, 0.717) is 35.9 Å². The zero-order valence-electron chi connectivity index (χ0n) is 14.2. The minimum Gasteiger partial charge on any atom is -0.381 e. The monoisotopic (exact) mass is 371 g/mol. The second-order valence-corrected chi connectivity index (χ2v) is 6.47. The van der Waals surface area contributed by atoms with Crippen molar-refractivity contribution >= 4 is 28.7 Å². The first-order valence-electron chi connectivity index (χ1n) is 8.36. The number of hydrogen-bond donors (Lipinski definition) is 1. The summed E-state index contributed by atoms with van der Waals surface area (Å²) < 4.78 is 32.4. The summed E-state index contributed by atoms with van der Waals surface area (Å²) in [7, 11) is 0. The van der Waals surface area contributed by atoms with Gasteiger partial charge in [-0.1, -0.05) is 25.5 Å². The Bertz CT molecular complexity index is 679. The largest absolute Gasteiger partial charge is 0.381 e. The summed E-state index contributed by atoms with van der Waals surface area (Å²) in [6.45, 7) is 3.89. The molecule has 0 saturated carbocycles. The summed E-state index contributed by atoms with van der Waals surface area (Å²) in [5.74, 6) is -2.81. The molecule has 2 aromatic rings. The molecule has 8 heteroatoms. The lowest BCUT2D eigenvalue weighted by Gasteiger charge is -2.09. The number of benzene rings is 1. The fourth-order valence-electron chi connectivity index (χ4n) is 2.33. The molecule has 1 aromatic carbocycles. The minimum atomic E-state index is -2.58. The minimum absolute atomic E-state index is 0.0355. The SMILES string of the molecule is CCCCOCCCNC(=O)Cn1c(SC(F)F)nc2ccccc21. The Morgan fingerprint density at radius 1 is 1.32 bits per heavy atom. The Labute approximate surface area is 150 Å². The van der Waals surface area contributed by atoms with Crippen molar-refractivity contribution in [1.29, 1.82) is 0 Å². The molecule has 1 amide bonds. The van der Waals surface area contributed by atoms with Gasteiger partial charge in [-0.15, -0.1) is 0 Å². The van der Waals surface area contributed by atoms with Gasteiger partial charge in [0.1, 0.15) is 6.54 Å². The highest BCUT2D eigenvalue weighted by atomic mass is 32.2. The maximum atomic E-state index is 12.7. The maximum absolute atomic E-state index is 12.7. The van der Waals surface area contributed by atoms with Crippen molar-refractivity contribution in [2.24, 2.45) is 0 Å². The maximum Gasteiger partial charge on any atom is 0.291 e. The Hall–Kier alpha value is -1.67. The van der Waals surface area contributed by atoms with E-state index in [1.165, 1.54) is 4.57 Å². The first-order chi connectivity index (χ1) is 12.1. The fraction of sp³-hybridized carbons (Fsp3) is 0.529. The molecule has 0 unspecified atom stereocenters. The molecular weight excluding hydrogens is 348 g/mol. The summed E-state index contributed by atoms with van der Waals surface area (Å²) in [6, 6.07) is 7.09. The summed E-state index contributed by atoms with van der Waals surface area (Å²) >= 11 is 0.351. The van der Waals surface area contributed by atoms with Crippen LogP contribution in [0.25, 0.3) is 11.0 Å². The first kappa shape index (κ1) is 19.7. The number of alkyl halides is 2. The molecular formula is C17H23F2N3O2S. The predicted molar refractivity (Wildman–Crippen MR) is 94.9 cm³/mol. The molecule has 5 nitrogen and oxygen atoms in total. The van der Waals surface area contributed by atoms with Crippen molar-refractivity contribution < 1.29 is 18.3 Å². The van der Waals surface area contributed by atoms with Gasteiger partial charge in [-0.3, -0.25) is 4.79 Å². The van der Waals surface area contributed by atoms with Gasteiger partial charge in [0.15, 0.2) is 5.16 Å². The average molecular weight is 371 g/mol. The third kappa shape index (κ3) is 6.28. The molecule has 0 aliphatic rings. The van der Waals surface area contributed by atoms with Crippen molar-refractivity contribution in [2.75, 3.05) is 19.8 Å². The van der Waals surface area contributed by atoms with Crippen molar-refractivity contribution in [3.8, 4) is 0 Å². The molecule has 0 atom stereocenters. The average Bonchev–Trinajstić information content (AvgIpc) is 2.91. The van der Waals surface area contributed by atoms with E-state index in [4.69, 9.17) is 4.74 Å². The van der Waals surface area contributed by atoms with Gasteiger partial charge in [-0.2, -0.15) is 8.78 Å². The Morgan fingerprint density at radius 3 is 2.84 bits per heavy atom. The number of unbranched alkanes of at least 4 members (excludes halogenated alkanes) is 1. The quantitative estimate of drug-likeness (QED) is 0.484. The van der Waals surface area contributed by atoms with Gasteiger partial charge >= 0.3 is 0 Å². The lowest BCUT2D eigenvalue weighted by molar-refractivity contribution is -0.121. The van der Waals surface area contributed by atoms with Gasteiger partial charge in [0.05, 0.1) is 11.0 Å². The lowest BCUT2D eigenvalue weighted by Crippen LogP contribution is -2.29. The highest BCUT2D eigenvalue weighted by Gasteiger charge is 2.17. The molecule has 0 aliphatic heterocycles. The second kappa shape index (κ2) is 10.4. The van der Waals surface area contributed by atoms with Crippen molar-refractivity contribution in [2.45, 2.75) is 43.6 Å². The van der Waals surface area contributed by atoms with E-state index in [0.717, 1.165) is 25.9 Å². The van der Waals surface area contributed by atoms with Crippen LogP contribution >= 0.6 is 11.8 Å². The number of para-hydroxylation sites is 2. The number of nitrogens with one attached hydrogen (secondary N) is 1. The topological polar surface area (TPSA) is 56.1 Å². The zero-order chi connectivity index (χ0) is 18.1. The van der Waals surface area contributed by atoms with Gasteiger partial charge < -0.3 is 14.6 Å². The molecule has 0 radical (unpaired) electrons. The van der Waals surface area contributed by atoms with Crippen LogP contribution in [-0.2, 0) is 16.1 Å². The van der Waals surface area contributed by atoms with E-state index < -0.39 is 5.76 Å². The van der Waals surface area contributed by atoms with E-state index >= 15 is 0 Å². The molecule has 2 rings (SSSR count). The molecule has 0 fully saturated rings. The predicted octanol–water partition coefficient (Wildman–Crippen LogP) is 3.67. The van der Waals surface area contributed by atoms with Crippen LogP contribution in [0.3, 0.4) is 0 Å². The number of hydrogen-bond acceptors (Lipinski definition) is 4. The van der Waals surface area contributed by atoms with E-state index in [1.54, 1.807) is 24.3 Å². The molecule has 0 saturated heterocycles. The van der Waals surface area contributed by atoms with Crippen molar-refractivity contribution in [3.63, 3.8) is 0 Å². The van der Waals surface area contributed by atoms with Crippen LogP contribution in [0.1, 0.15) is 26.2 Å². The standard InChI is InChI=1S/C17H23F2N3O2S/c1-2-3-10-24-11-6-9-20-15(23)12-22-14-8-5-4-7-13(14)21-17(22)25-16(18)19/h4-5,7-8,16H,2-3,6,9-12H2,1H3,(H,20,23).